The number of aromatic nitrogens is 1. The maximum Gasteiger partial charge on any atom is 0.0684 e. The molecule has 1 N–H and O–H groups in total. The number of halogens is 2. The van der Waals surface area contributed by atoms with Crippen molar-refractivity contribution in [2.45, 2.75) is 26.8 Å². The van der Waals surface area contributed by atoms with E-state index in [0.29, 0.717) is 5.41 Å². The predicted octanol–water partition coefficient (Wildman–Crippen LogP) is 3.74. The van der Waals surface area contributed by atoms with Gasteiger partial charge in [-0.15, -0.1) is 0 Å². The van der Waals surface area contributed by atoms with E-state index in [2.05, 4.69) is 56.0 Å². The molecule has 2 nitrogen and oxygen atoms in total. The Labute approximate surface area is 113 Å². The lowest BCUT2D eigenvalue weighted by atomic mass is 10.1. The first-order chi connectivity index (χ1) is 7.49. The summed E-state index contributed by atoms with van der Waals surface area (Å²) in [5.74, 6) is 0.835. The Balaban J connectivity index is 1.81. The topological polar surface area (TPSA) is 24.9 Å². The summed E-state index contributed by atoms with van der Waals surface area (Å²) in [6.07, 6.45) is 3.18. The van der Waals surface area contributed by atoms with Crippen molar-refractivity contribution in [3.63, 3.8) is 0 Å². The minimum Gasteiger partial charge on any atom is -0.311 e. The predicted molar refractivity (Wildman–Crippen MR) is 73.2 cm³/mol. The molecule has 1 aliphatic rings. The van der Waals surface area contributed by atoms with Gasteiger partial charge in [0.2, 0.25) is 0 Å². The normalized spacial score (nSPS) is 22.1. The summed E-state index contributed by atoms with van der Waals surface area (Å²) in [6, 6.07) is 2.03. The third-order valence-corrected chi connectivity index (χ3v) is 4.41. The van der Waals surface area contributed by atoms with Crippen LogP contribution < -0.4 is 5.32 Å². The highest BCUT2D eigenvalue weighted by molar-refractivity contribution is 9.11. The molecule has 16 heavy (non-hydrogen) atoms. The molecule has 0 aromatic carbocycles. The van der Waals surface area contributed by atoms with Gasteiger partial charge in [0.25, 0.3) is 0 Å². The second-order valence-corrected chi connectivity index (χ2v) is 6.87. The van der Waals surface area contributed by atoms with Crippen LogP contribution in [0.25, 0.3) is 0 Å². The molecular formula is C12H16Br2N2. The van der Waals surface area contributed by atoms with Crippen molar-refractivity contribution in [3.8, 4) is 0 Å². The molecule has 0 saturated heterocycles. The van der Waals surface area contributed by atoms with Gasteiger partial charge in [-0.3, -0.25) is 4.98 Å². The third-order valence-electron chi connectivity index (χ3n) is 3.28. The van der Waals surface area contributed by atoms with Gasteiger partial charge in [-0.25, -0.2) is 0 Å². The van der Waals surface area contributed by atoms with Crippen LogP contribution in [0, 0.1) is 11.3 Å². The summed E-state index contributed by atoms with van der Waals surface area (Å²) in [4.78, 5) is 4.38. The SMILES string of the molecule is CC1(C)CC1CNCc1ncc(Br)cc1Br. The van der Waals surface area contributed by atoms with Crippen LogP contribution in [0.4, 0.5) is 0 Å². The lowest BCUT2D eigenvalue weighted by Crippen LogP contribution is -2.19. The molecule has 1 unspecified atom stereocenters. The lowest BCUT2D eigenvalue weighted by Gasteiger charge is -2.07. The zero-order valence-electron chi connectivity index (χ0n) is 9.56. The molecule has 0 radical (unpaired) electrons. The first-order valence-corrected chi connectivity index (χ1v) is 7.08. The molecule has 1 atom stereocenters. The maximum absolute atomic E-state index is 4.38. The second kappa shape index (κ2) is 4.75. The minimum atomic E-state index is 0.553. The van der Waals surface area contributed by atoms with Crippen molar-refractivity contribution in [3.05, 3.63) is 26.9 Å². The number of nitrogens with zero attached hydrogens (tertiary/aromatic N) is 1. The van der Waals surface area contributed by atoms with Crippen LogP contribution in [0.1, 0.15) is 26.0 Å². The van der Waals surface area contributed by atoms with E-state index in [-0.39, 0.29) is 0 Å². The number of hydrogen-bond donors (Lipinski definition) is 1. The Morgan fingerprint density at radius 1 is 1.50 bits per heavy atom. The molecule has 88 valence electrons. The molecule has 4 heteroatoms. The molecule has 2 rings (SSSR count). The van der Waals surface area contributed by atoms with E-state index in [0.717, 1.165) is 33.6 Å². The van der Waals surface area contributed by atoms with Gasteiger partial charge in [0.1, 0.15) is 0 Å². The zero-order valence-corrected chi connectivity index (χ0v) is 12.7. The summed E-state index contributed by atoms with van der Waals surface area (Å²) in [6.45, 7) is 6.58. The first-order valence-electron chi connectivity index (χ1n) is 5.50. The molecule has 1 aromatic rings. The van der Waals surface area contributed by atoms with Crippen LogP contribution in [0.15, 0.2) is 21.2 Å². The molecule has 1 fully saturated rings. The largest absolute Gasteiger partial charge is 0.311 e. The summed E-state index contributed by atoms with van der Waals surface area (Å²) >= 11 is 6.92. The third kappa shape index (κ3) is 3.05. The second-order valence-electron chi connectivity index (χ2n) is 5.10. The van der Waals surface area contributed by atoms with Crippen LogP contribution in [-0.4, -0.2) is 11.5 Å². The first kappa shape index (κ1) is 12.5. The average Bonchev–Trinajstić information content (AvgIpc) is 2.78. The van der Waals surface area contributed by atoms with Gasteiger partial charge in [0.05, 0.1) is 5.69 Å². The van der Waals surface area contributed by atoms with Crippen LogP contribution in [0.5, 0.6) is 0 Å². The van der Waals surface area contributed by atoms with Crippen molar-refractivity contribution in [1.82, 2.24) is 10.3 Å². The van der Waals surface area contributed by atoms with Gasteiger partial charge in [-0.05, 0) is 62.2 Å². The molecule has 1 heterocycles. The van der Waals surface area contributed by atoms with Crippen LogP contribution in [0.2, 0.25) is 0 Å². The monoisotopic (exact) mass is 346 g/mol. The number of hydrogen-bond acceptors (Lipinski definition) is 2. The van der Waals surface area contributed by atoms with Crippen molar-refractivity contribution in [2.24, 2.45) is 11.3 Å². The van der Waals surface area contributed by atoms with E-state index in [4.69, 9.17) is 0 Å². The highest BCUT2D eigenvalue weighted by Gasteiger charge is 2.44. The van der Waals surface area contributed by atoms with Crippen molar-refractivity contribution < 1.29 is 0 Å². The molecule has 0 aliphatic heterocycles. The van der Waals surface area contributed by atoms with Crippen molar-refractivity contribution >= 4 is 31.9 Å². The summed E-state index contributed by atoms with van der Waals surface area (Å²) in [7, 11) is 0. The summed E-state index contributed by atoms with van der Waals surface area (Å²) in [5, 5.41) is 3.47. The average molecular weight is 348 g/mol. The summed E-state index contributed by atoms with van der Waals surface area (Å²) < 4.78 is 2.07. The van der Waals surface area contributed by atoms with E-state index in [1.165, 1.54) is 6.42 Å². The fourth-order valence-electron chi connectivity index (χ4n) is 1.86. The number of rotatable bonds is 4. The van der Waals surface area contributed by atoms with Gasteiger partial charge >= 0.3 is 0 Å². The lowest BCUT2D eigenvalue weighted by molar-refractivity contribution is 0.517. The minimum absolute atomic E-state index is 0.553. The highest BCUT2D eigenvalue weighted by atomic mass is 79.9. The molecule has 1 aliphatic carbocycles. The molecular weight excluding hydrogens is 332 g/mol. The Morgan fingerprint density at radius 3 is 2.75 bits per heavy atom. The number of nitrogens with one attached hydrogen (secondary N) is 1. The summed E-state index contributed by atoms with van der Waals surface area (Å²) in [5.41, 5.74) is 1.62. The zero-order chi connectivity index (χ0) is 11.8. The van der Waals surface area contributed by atoms with Crippen LogP contribution in [-0.2, 0) is 6.54 Å². The van der Waals surface area contributed by atoms with Gasteiger partial charge in [0, 0.05) is 21.7 Å². The molecule has 0 spiro atoms. The smallest absolute Gasteiger partial charge is 0.0684 e. The van der Waals surface area contributed by atoms with E-state index in [9.17, 15) is 0 Å². The van der Waals surface area contributed by atoms with Crippen molar-refractivity contribution in [1.29, 1.82) is 0 Å². The van der Waals surface area contributed by atoms with Crippen molar-refractivity contribution in [2.75, 3.05) is 6.54 Å². The Bertz CT molecular complexity index is 391. The maximum atomic E-state index is 4.38. The fourth-order valence-corrected chi connectivity index (χ4v) is 2.99. The van der Waals surface area contributed by atoms with E-state index in [1.54, 1.807) is 0 Å². The van der Waals surface area contributed by atoms with Crippen LogP contribution in [0.3, 0.4) is 0 Å². The molecule has 0 bridgehead atoms. The Hall–Kier alpha value is 0.0700. The van der Waals surface area contributed by atoms with Gasteiger partial charge in [0.15, 0.2) is 0 Å². The molecule has 0 amide bonds. The highest BCUT2D eigenvalue weighted by Crippen LogP contribution is 2.50. The van der Waals surface area contributed by atoms with Gasteiger partial charge < -0.3 is 5.32 Å². The molecule has 1 saturated carbocycles. The Kier molecular flexibility index (Phi) is 3.72. The fraction of sp³-hybridized carbons (Fsp3) is 0.583. The Morgan fingerprint density at radius 2 is 2.19 bits per heavy atom. The quantitative estimate of drug-likeness (QED) is 0.897. The van der Waals surface area contributed by atoms with Gasteiger partial charge in [-0.1, -0.05) is 13.8 Å². The van der Waals surface area contributed by atoms with E-state index >= 15 is 0 Å². The molecule has 1 aromatic heterocycles. The standard InChI is InChI=1S/C12H16Br2N2/c1-12(2)4-8(12)5-15-7-11-10(14)3-9(13)6-16-11/h3,6,8,15H,4-5,7H2,1-2H3. The van der Waals surface area contributed by atoms with Gasteiger partial charge in [-0.2, -0.15) is 0 Å². The van der Waals surface area contributed by atoms with E-state index < -0.39 is 0 Å². The van der Waals surface area contributed by atoms with E-state index in [1.807, 2.05) is 12.3 Å². The van der Waals surface area contributed by atoms with Crippen LogP contribution >= 0.6 is 31.9 Å². The number of pyridine rings is 1.